The van der Waals surface area contributed by atoms with Crippen LogP contribution in [0.15, 0.2) is 17.0 Å². The Morgan fingerprint density at radius 1 is 1.41 bits per heavy atom. The monoisotopic (exact) mass is 363 g/mol. The fourth-order valence-corrected chi connectivity index (χ4v) is 4.52. The van der Waals surface area contributed by atoms with E-state index < -0.39 is 0 Å². The number of nitrogens with two attached hydrogens (primary N) is 1. The van der Waals surface area contributed by atoms with Crippen LogP contribution in [0, 0.1) is 5.92 Å². The van der Waals surface area contributed by atoms with Crippen LogP contribution in [0.25, 0.3) is 5.52 Å². The smallest absolute Gasteiger partial charge is 0.223 e. The fourth-order valence-electron chi connectivity index (χ4n) is 3.94. The Labute approximate surface area is 136 Å². The number of anilines is 1. The van der Waals surface area contributed by atoms with Crippen LogP contribution >= 0.6 is 15.9 Å². The SMILES string of the molecule is CC1CC(=O)N2C[C@H](c3nc(Br)c4c(N)nccn34)CC[C@H]12. The number of halogens is 1. The number of fused-ring (bicyclic) bond motifs is 2. The molecule has 4 heterocycles. The highest BCUT2D eigenvalue weighted by molar-refractivity contribution is 9.10. The number of aromatic nitrogens is 3. The van der Waals surface area contributed by atoms with Gasteiger partial charge in [-0.2, -0.15) is 0 Å². The van der Waals surface area contributed by atoms with Crippen molar-refractivity contribution in [1.82, 2.24) is 19.3 Å². The molecule has 0 radical (unpaired) electrons. The molecule has 6 nitrogen and oxygen atoms in total. The van der Waals surface area contributed by atoms with Crippen LogP contribution in [-0.4, -0.2) is 37.8 Å². The standard InChI is InChI=1S/C15H18BrN5O/c1-8-6-11(22)21-7-9(2-3-10(8)21)15-19-13(16)12-14(17)18-4-5-20(12)15/h4-5,8-10H,2-3,6-7H2,1H3,(H2,17,18)/t8?,9-,10-/m1/s1. The maximum atomic E-state index is 12.2. The molecule has 7 heteroatoms. The van der Waals surface area contributed by atoms with Gasteiger partial charge in [0.05, 0.1) is 0 Å². The highest BCUT2D eigenvalue weighted by atomic mass is 79.9. The van der Waals surface area contributed by atoms with E-state index >= 15 is 0 Å². The van der Waals surface area contributed by atoms with Crippen LogP contribution in [0.5, 0.6) is 0 Å². The molecule has 2 aliphatic heterocycles. The van der Waals surface area contributed by atoms with Gasteiger partial charge in [-0.05, 0) is 34.7 Å². The third-order valence-electron chi connectivity index (χ3n) is 5.04. The molecule has 4 rings (SSSR count). The second kappa shape index (κ2) is 4.94. The summed E-state index contributed by atoms with van der Waals surface area (Å²) in [5, 5.41) is 0. The molecule has 1 unspecified atom stereocenters. The van der Waals surface area contributed by atoms with E-state index in [2.05, 4.69) is 37.7 Å². The van der Waals surface area contributed by atoms with Crippen LogP contribution < -0.4 is 5.73 Å². The number of nitrogen functional groups attached to an aromatic ring is 1. The van der Waals surface area contributed by atoms with E-state index in [4.69, 9.17) is 5.73 Å². The average molecular weight is 364 g/mol. The lowest BCUT2D eigenvalue weighted by atomic mass is 9.89. The lowest BCUT2D eigenvalue weighted by Gasteiger charge is -2.36. The van der Waals surface area contributed by atoms with Gasteiger partial charge in [-0.1, -0.05) is 6.92 Å². The fraction of sp³-hybridized carbons (Fsp3) is 0.533. The number of hydrogen-bond acceptors (Lipinski definition) is 4. The Morgan fingerprint density at radius 2 is 2.23 bits per heavy atom. The molecule has 2 N–H and O–H groups in total. The van der Waals surface area contributed by atoms with E-state index in [-0.39, 0.29) is 11.8 Å². The summed E-state index contributed by atoms with van der Waals surface area (Å²) in [4.78, 5) is 23.0. The summed E-state index contributed by atoms with van der Waals surface area (Å²) in [5.74, 6) is 2.42. The Balaban J connectivity index is 1.72. The van der Waals surface area contributed by atoms with Gasteiger partial charge in [0.15, 0.2) is 5.82 Å². The molecular weight excluding hydrogens is 346 g/mol. The largest absolute Gasteiger partial charge is 0.382 e. The van der Waals surface area contributed by atoms with Gasteiger partial charge < -0.3 is 10.6 Å². The van der Waals surface area contributed by atoms with Gasteiger partial charge in [-0.15, -0.1) is 0 Å². The van der Waals surface area contributed by atoms with Crippen molar-refractivity contribution < 1.29 is 4.79 Å². The molecule has 2 aromatic rings. The number of hydrogen-bond donors (Lipinski definition) is 1. The molecule has 2 aliphatic rings. The Kier molecular flexibility index (Phi) is 3.14. The molecule has 0 saturated carbocycles. The van der Waals surface area contributed by atoms with Gasteiger partial charge in [0, 0.05) is 37.3 Å². The summed E-state index contributed by atoms with van der Waals surface area (Å²) < 4.78 is 2.72. The Hall–Kier alpha value is -1.63. The van der Waals surface area contributed by atoms with Gasteiger partial charge in [-0.3, -0.25) is 9.20 Å². The van der Waals surface area contributed by atoms with Crippen LogP contribution in [-0.2, 0) is 4.79 Å². The highest BCUT2D eigenvalue weighted by Crippen LogP contribution is 2.39. The molecule has 0 aromatic carbocycles. The zero-order valence-corrected chi connectivity index (χ0v) is 14.0. The molecule has 22 heavy (non-hydrogen) atoms. The third kappa shape index (κ3) is 1.95. The zero-order valence-electron chi connectivity index (χ0n) is 12.4. The first-order valence-corrected chi connectivity index (χ1v) is 8.43. The molecule has 1 amide bonds. The second-order valence-corrected chi connectivity index (χ2v) is 7.11. The van der Waals surface area contributed by atoms with Gasteiger partial charge >= 0.3 is 0 Å². The van der Waals surface area contributed by atoms with Crippen molar-refractivity contribution in [3.63, 3.8) is 0 Å². The molecule has 0 bridgehead atoms. The second-order valence-electron chi connectivity index (χ2n) is 6.36. The predicted molar refractivity (Wildman–Crippen MR) is 86.4 cm³/mol. The Morgan fingerprint density at radius 3 is 3.05 bits per heavy atom. The van der Waals surface area contributed by atoms with Crippen molar-refractivity contribution in [1.29, 1.82) is 0 Å². The highest BCUT2D eigenvalue weighted by Gasteiger charge is 2.42. The zero-order chi connectivity index (χ0) is 15.4. The summed E-state index contributed by atoms with van der Waals surface area (Å²) in [5.41, 5.74) is 6.77. The van der Waals surface area contributed by atoms with E-state index in [1.165, 1.54) is 0 Å². The molecule has 2 saturated heterocycles. The van der Waals surface area contributed by atoms with Crippen LogP contribution in [0.1, 0.15) is 37.9 Å². The first-order valence-electron chi connectivity index (χ1n) is 7.63. The van der Waals surface area contributed by atoms with E-state index in [0.717, 1.165) is 35.3 Å². The molecule has 0 spiro atoms. The number of rotatable bonds is 1. The van der Waals surface area contributed by atoms with Crippen molar-refractivity contribution in [3.8, 4) is 0 Å². The first kappa shape index (κ1) is 14.0. The van der Waals surface area contributed by atoms with E-state index in [1.807, 2.05) is 10.6 Å². The summed E-state index contributed by atoms with van der Waals surface area (Å²) in [6.45, 7) is 2.93. The minimum absolute atomic E-state index is 0.242. The number of piperidine rings is 1. The van der Waals surface area contributed by atoms with Crippen molar-refractivity contribution in [3.05, 3.63) is 22.8 Å². The molecule has 0 aliphatic carbocycles. The third-order valence-corrected chi connectivity index (χ3v) is 5.59. The number of carbonyl (C=O) groups is 1. The van der Waals surface area contributed by atoms with Crippen molar-refractivity contribution in [2.75, 3.05) is 12.3 Å². The Bertz CT molecular complexity index is 758. The first-order chi connectivity index (χ1) is 10.6. The molecule has 3 atom stereocenters. The van der Waals surface area contributed by atoms with Crippen LogP contribution in [0.4, 0.5) is 5.82 Å². The van der Waals surface area contributed by atoms with E-state index in [9.17, 15) is 4.79 Å². The lowest BCUT2D eigenvalue weighted by molar-refractivity contribution is -0.130. The summed E-state index contributed by atoms with van der Waals surface area (Å²) in [6.07, 6.45) is 6.35. The minimum Gasteiger partial charge on any atom is -0.382 e. The maximum Gasteiger partial charge on any atom is 0.223 e. The lowest BCUT2D eigenvalue weighted by Crippen LogP contribution is -2.42. The van der Waals surface area contributed by atoms with Gasteiger partial charge in [0.2, 0.25) is 5.91 Å². The topological polar surface area (TPSA) is 76.5 Å². The molecular formula is C15H18BrN5O. The number of imidazole rings is 1. The van der Waals surface area contributed by atoms with Crippen LogP contribution in [0.3, 0.4) is 0 Å². The van der Waals surface area contributed by atoms with E-state index in [1.54, 1.807) is 6.20 Å². The average Bonchev–Trinajstić information content (AvgIpc) is 2.98. The maximum absolute atomic E-state index is 12.2. The van der Waals surface area contributed by atoms with Gasteiger partial charge in [-0.25, -0.2) is 9.97 Å². The van der Waals surface area contributed by atoms with Crippen molar-refractivity contribution >= 4 is 33.2 Å². The van der Waals surface area contributed by atoms with Crippen LogP contribution in [0.2, 0.25) is 0 Å². The number of carbonyl (C=O) groups excluding carboxylic acids is 1. The summed E-state index contributed by atoms with van der Waals surface area (Å²) in [7, 11) is 0. The molecule has 2 aromatic heterocycles. The van der Waals surface area contributed by atoms with Gasteiger partial charge in [0.1, 0.15) is 15.9 Å². The van der Waals surface area contributed by atoms with Crippen molar-refractivity contribution in [2.45, 2.75) is 38.1 Å². The van der Waals surface area contributed by atoms with E-state index in [0.29, 0.717) is 24.2 Å². The number of amides is 1. The molecule has 2 fully saturated rings. The van der Waals surface area contributed by atoms with Crippen molar-refractivity contribution in [2.24, 2.45) is 5.92 Å². The van der Waals surface area contributed by atoms with Gasteiger partial charge in [0.25, 0.3) is 0 Å². The normalized spacial score (nSPS) is 28.4. The quantitative estimate of drug-likeness (QED) is 0.842. The minimum atomic E-state index is 0.242. The number of nitrogens with zero attached hydrogens (tertiary/aromatic N) is 4. The predicted octanol–water partition coefficient (Wildman–Crippen LogP) is 2.19. The summed E-state index contributed by atoms with van der Waals surface area (Å²) >= 11 is 3.48. The molecule has 116 valence electrons. The summed E-state index contributed by atoms with van der Waals surface area (Å²) in [6, 6.07) is 0.408.